The zero-order valence-electron chi connectivity index (χ0n) is 11.6. The molecule has 2 amide bonds. The van der Waals surface area contributed by atoms with Gasteiger partial charge < -0.3 is 10.2 Å². The highest BCUT2D eigenvalue weighted by Gasteiger charge is 2.27. The summed E-state index contributed by atoms with van der Waals surface area (Å²) in [5.74, 6) is 0.418. The van der Waals surface area contributed by atoms with Gasteiger partial charge in [-0.1, -0.05) is 0 Å². The van der Waals surface area contributed by atoms with Gasteiger partial charge >= 0.3 is 0 Å². The van der Waals surface area contributed by atoms with Crippen molar-refractivity contribution in [2.75, 3.05) is 18.4 Å². The molecule has 1 saturated heterocycles. The molecule has 2 heterocycles. The summed E-state index contributed by atoms with van der Waals surface area (Å²) in [6.45, 7) is 6.62. The lowest BCUT2D eigenvalue weighted by Gasteiger charge is -2.31. The van der Waals surface area contributed by atoms with Crippen molar-refractivity contribution in [1.82, 2.24) is 15.1 Å². The first kappa shape index (κ1) is 13.6. The van der Waals surface area contributed by atoms with E-state index in [1.54, 1.807) is 11.8 Å². The van der Waals surface area contributed by atoms with Gasteiger partial charge in [-0.25, -0.2) is 0 Å². The summed E-state index contributed by atoms with van der Waals surface area (Å²) in [5.41, 5.74) is 1.90. The number of amides is 2. The van der Waals surface area contributed by atoms with E-state index in [2.05, 4.69) is 15.5 Å². The molecule has 0 bridgehead atoms. The van der Waals surface area contributed by atoms with E-state index in [1.807, 2.05) is 13.8 Å². The second-order valence-electron chi connectivity index (χ2n) is 5.12. The third kappa shape index (κ3) is 2.94. The number of likely N-dealkylation sites (tertiary alicyclic amines) is 1. The number of carbonyl (C=O) groups excluding carboxylic acids is 2. The number of nitrogens with zero attached hydrogens (tertiary/aromatic N) is 2. The van der Waals surface area contributed by atoms with Crippen LogP contribution in [-0.2, 0) is 9.59 Å². The van der Waals surface area contributed by atoms with Crippen molar-refractivity contribution >= 4 is 17.6 Å². The Kier molecular flexibility index (Phi) is 3.87. The second-order valence-corrected chi connectivity index (χ2v) is 5.12. The van der Waals surface area contributed by atoms with Gasteiger partial charge in [-0.2, -0.15) is 5.10 Å². The maximum absolute atomic E-state index is 12.2. The van der Waals surface area contributed by atoms with Crippen LogP contribution < -0.4 is 5.32 Å². The average molecular weight is 264 g/mol. The van der Waals surface area contributed by atoms with Gasteiger partial charge in [-0.05, 0) is 26.7 Å². The van der Waals surface area contributed by atoms with E-state index in [0.717, 1.165) is 30.6 Å². The Morgan fingerprint density at radius 2 is 2.16 bits per heavy atom. The van der Waals surface area contributed by atoms with Gasteiger partial charge in [0.05, 0.1) is 5.92 Å². The summed E-state index contributed by atoms with van der Waals surface area (Å²) in [5, 5.41) is 9.75. The Bertz CT molecular complexity index is 495. The Morgan fingerprint density at radius 1 is 1.42 bits per heavy atom. The quantitative estimate of drug-likeness (QED) is 0.843. The molecule has 0 radical (unpaired) electrons. The molecule has 1 aromatic heterocycles. The zero-order chi connectivity index (χ0) is 14.0. The average Bonchev–Trinajstić information content (AvgIpc) is 2.71. The highest BCUT2D eigenvalue weighted by Crippen LogP contribution is 2.20. The number of aromatic amines is 1. The SMILES string of the molecule is CC(=O)N1CCCC(C(=O)Nc2n[nH]c(C)c2C)C1. The summed E-state index contributed by atoms with van der Waals surface area (Å²) in [7, 11) is 0. The van der Waals surface area contributed by atoms with E-state index < -0.39 is 0 Å². The molecular formula is C13H20N4O2. The van der Waals surface area contributed by atoms with Gasteiger partial charge in [0.25, 0.3) is 0 Å². The number of H-pyrrole nitrogens is 1. The largest absolute Gasteiger partial charge is 0.342 e. The lowest BCUT2D eigenvalue weighted by molar-refractivity contribution is -0.132. The van der Waals surface area contributed by atoms with Crippen LogP contribution in [0.3, 0.4) is 0 Å². The molecule has 2 rings (SSSR count). The first-order valence-electron chi connectivity index (χ1n) is 6.57. The minimum Gasteiger partial charge on any atom is -0.342 e. The first-order chi connectivity index (χ1) is 8.99. The number of carbonyl (C=O) groups is 2. The number of anilines is 1. The fourth-order valence-electron chi connectivity index (χ4n) is 2.30. The standard InChI is InChI=1S/C13H20N4O2/c1-8-9(2)15-16-12(8)14-13(19)11-5-4-6-17(7-11)10(3)18/h11H,4-7H2,1-3H3,(H2,14,15,16,19). The lowest BCUT2D eigenvalue weighted by atomic mass is 9.97. The highest BCUT2D eigenvalue weighted by atomic mass is 16.2. The van der Waals surface area contributed by atoms with Crippen LogP contribution in [0.4, 0.5) is 5.82 Å². The predicted molar refractivity (Wildman–Crippen MR) is 71.7 cm³/mol. The van der Waals surface area contributed by atoms with Gasteiger partial charge in [0.2, 0.25) is 11.8 Å². The molecule has 2 N–H and O–H groups in total. The fraction of sp³-hybridized carbons (Fsp3) is 0.615. The fourth-order valence-corrected chi connectivity index (χ4v) is 2.30. The monoisotopic (exact) mass is 264 g/mol. The first-order valence-corrected chi connectivity index (χ1v) is 6.57. The molecule has 0 spiro atoms. The molecule has 104 valence electrons. The van der Waals surface area contributed by atoms with Gasteiger partial charge in [-0.15, -0.1) is 0 Å². The van der Waals surface area contributed by atoms with E-state index in [-0.39, 0.29) is 17.7 Å². The summed E-state index contributed by atoms with van der Waals surface area (Å²) < 4.78 is 0. The molecule has 1 fully saturated rings. The maximum atomic E-state index is 12.2. The van der Waals surface area contributed by atoms with Crippen molar-refractivity contribution in [3.8, 4) is 0 Å². The Morgan fingerprint density at radius 3 is 2.74 bits per heavy atom. The number of hydrogen-bond donors (Lipinski definition) is 2. The molecule has 19 heavy (non-hydrogen) atoms. The molecule has 1 aliphatic heterocycles. The smallest absolute Gasteiger partial charge is 0.230 e. The second kappa shape index (κ2) is 5.42. The van der Waals surface area contributed by atoms with E-state index in [4.69, 9.17) is 0 Å². The molecule has 0 aliphatic carbocycles. The normalized spacial score (nSPS) is 19.3. The van der Waals surface area contributed by atoms with E-state index in [1.165, 1.54) is 0 Å². The van der Waals surface area contributed by atoms with Crippen LogP contribution in [0.15, 0.2) is 0 Å². The van der Waals surface area contributed by atoms with Crippen LogP contribution in [0.1, 0.15) is 31.0 Å². The summed E-state index contributed by atoms with van der Waals surface area (Å²) in [6, 6.07) is 0. The Labute approximate surface area is 112 Å². The van der Waals surface area contributed by atoms with E-state index in [9.17, 15) is 9.59 Å². The number of rotatable bonds is 2. The summed E-state index contributed by atoms with van der Waals surface area (Å²) >= 11 is 0. The number of nitrogens with one attached hydrogen (secondary N) is 2. The van der Waals surface area contributed by atoms with Crippen LogP contribution in [0, 0.1) is 19.8 Å². The molecular weight excluding hydrogens is 244 g/mol. The van der Waals surface area contributed by atoms with Crippen molar-refractivity contribution in [3.63, 3.8) is 0 Å². The molecule has 1 aromatic rings. The van der Waals surface area contributed by atoms with Gasteiger partial charge in [0, 0.05) is 31.3 Å². The van der Waals surface area contributed by atoms with Gasteiger partial charge in [0.15, 0.2) is 5.82 Å². The Hall–Kier alpha value is -1.85. The van der Waals surface area contributed by atoms with Crippen LogP contribution >= 0.6 is 0 Å². The Balaban J connectivity index is 2.00. The predicted octanol–water partition coefficient (Wildman–Crippen LogP) is 1.22. The van der Waals surface area contributed by atoms with Crippen molar-refractivity contribution < 1.29 is 9.59 Å². The van der Waals surface area contributed by atoms with Crippen molar-refractivity contribution in [2.24, 2.45) is 5.92 Å². The molecule has 0 aromatic carbocycles. The van der Waals surface area contributed by atoms with Crippen LogP contribution in [0.25, 0.3) is 0 Å². The topological polar surface area (TPSA) is 78.1 Å². The zero-order valence-corrected chi connectivity index (χ0v) is 11.6. The van der Waals surface area contributed by atoms with Crippen molar-refractivity contribution in [3.05, 3.63) is 11.3 Å². The third-order valence-corrected chi connectivity index (χ3v) is 3.73. The molecule has 1 unspecified atom stereocenters. The van der Waals surface area contributed by atoms with Crippen LogP contribution in [0.2, 0.25) is 0 Å². The van der Waals surface area contributed by atoms with E-state index >= 15 is 0 Å². The highest BCUT2D eigenvalue weighted by molar-refractivity contribution is 5.93. The molecule has 1 aliphatic rings. The van der Waals surface area contributed by atoms with Crippen molar-refractivity contribution in [1.29, 1.82) is 0 Å². The van der Waals surface area contributed by atoms with Crippen LogP contribution in [0.5, 0.6) is 0 Å². The van der Waals surface area contributed by atoms with Crippen LogP contribution in [-0.4, -0.2) is 40.0 Å². The number of piperidine rings is 1. The molecule has 6 nitrogen and oxygen atoms in total. The lowest BCUT2D eigenvalue weighted by Crippen LogP contribution is -2.42. The minimum atomic E-state index is -0.144. The summed E-state index contributed by atoms with van der Waals surface area (Å²) in [4.78, 5) is 25.3. The number of hydrogen-bond acceptors (Lipinski definition) is 3. The molecule has 0 saturated carbocycles. The van der Waals surface area contributed by atoms with E-state index in [0.29, 0.717) is 12.4 Å². The number of aryl methyl sites for hydroxylation is 1. The summed E-state index contributed by atoms with van der Waals surface area (Å²) in [6.07, 6.45) is 1.69. The van der Waals surface area contributed by atoms with Crippen molar-refractivity contribution in [2.45, 2.75) is 33.6 Å². The van der Waals surface area contributed by atoms with Gasteiger partial charge in [-0.3, -0.25) is 14.7 Å². The molecule has 1 atom stereocenters. The van der Waals surface area contributed by atoms with Gasteiger partial charge in [0.1, 0.15) is 0 Å². The third-order valence-electron chi connectivity index (χ3n) is 3.73. The maximum Gasteiger partial charge on any atom is 0.230 e. The molecule has 6 heteroatoms. The number of aromatic nitrogens is 2. The minimum absolute atomic E-state index is 0.0318.